The zero-order valence-electron chi connectivity index (χ0n) is 11.9. The van der Waals surface area contributed by atoms with Crippen molar-refractivity contribution in [3.05, 3.63) is 36.2 Å². The van der Waals surface area contributed by atoms with E-state index in [1.165, 1.54) is 29.4 Å². The molecule has 0 saturated carbocycles. The lowest BCUT2D eigenvalue weighted by molar-refractivity contribution is 0.0687. The second kappa shape index (κ2) is 5.55. The molecule has 1 N–H and O–H groups in total. The van der Waals surface area contributed by atoms with Crippen molar-refractivity contribution in [2.24, 2.45) is 5.92 Å². The Morgan fingerprint density at radius 3 is 2.43 bits per heavy atom. The molecule has 0 amide bonds. The van der Waals surface area contributed by atoms with Crippen LogP contribution >= 0.6 is 0 Å². The van der Waals surface area contributed by atoms with Crippen LogP contribution in [-0.2, 0) is 0 Å². The van der Waals surface area contributed by atoms with Gasteiger partial charge in [-0.2, -0.15) is 0 Å². The van der Waals surface area contributed by atoms with Crippen molar-refractivity contribution in [2.75, 3.05) is 18.0 Å². The van der Waals surface area contributed by atoms with Gasteiger partial charge in [0.25, 0.3) is 0 Å². The van der Waals surface area contributed by atoms with Gasteiger partial charge in [0, 0.05) is 18.8 Å². The summed E-state index contributed by atoms with van der Waals surface area (Å²) >= 11 is 0. The summed E-state index contributed by atoms with van der Waals surface area (Å²) in [4.78, 5) is 13.5. The Kier molecular flexibility index (Phi) is 3.60. The molecular formula is C15H18N4O2. The van der Waals surface area contributed by atoms with Crippen molar-refractivity contribution in [2.45, 2.75) is 19.8 Å². The van der Waals surface area contributed by atoms with Crippen molar-refractivity contribution < 1.29 is 9.90 Å². The molecule has 1 saturated heterocycles. The number of rotatable bonds is 3. The molecule has 0 aliphatic carbocycles. The van der Waals surface area contributed by atoms with Crippen LogP contribution < -0.4 is 4.90 Å². The predicted octanol–water partition coefficient (Wildman–Crippen LogP) is 2.20. The number of carboxylic acid groups (broad SMARTS) is 1. The normalized spacial score (nSPS) is 16.1. The van der Waals surface area contributed by atoms with E-state index in [-0.39, 0.29) is 5.69 Å². The molecule has 0 spiro atoms. The van der Waals surface area contributed by atoms with Crippen molar-refractivity contribution >= 4 is 11.7 Å². The van der Waals surface area contributed by atoms with Crippen LogP contribution in [0.4, 0.5) is 5.69 Å². The molecule has 21 heavy (non-hydrogen) atoms. The molecule has 2 heterocycles. The molecule has 0 atom stereocenters. The van der Waals surface area contributed by atoms with Crippen LogP contribution in [0.1, 0.15) is 30.3 Å². The molecule has 1 aromatic carbocycles. The van der Waals surface area contributed by atoms with Gasteiger partial charge in [-0.05, 0) is 43.0 Å². The van der Waals surface area contributed by atoms with E-state index in [1.54, 1.807) is 0 Å². The monoisotopic (exact) mass is 286 g/mol. The van der Waals surface area contributed by atoms with Gasteiger partial charge < -0.3 is 10.0 Å². The van der Waals surface area contributed by atoms with Gasteiger partial charge in [-0.1, -0.05) is 12.1 Å². The van der Waals surface area contributed by atoms with Crippen LogP contribution in [0.2, 0.25) is 0 Å². The third-order valence-corrected chi connectivity index (χ3v) is 4.01. The van der Waals surface area contributed by atoms with Crippen molar-refractivity contribution in [1.82, 2.24) is 15.0 Å². The Morgan fingerprint density at radius 1 is 1.19 bits per heavy atom. The first kappa shape index (κ1) is 13.6. The molecule has 1 fully saturated rings. The standard InChI is InChI=1S/C15H18N4O2/c1-11-6-8-18(9-7-11)12-2-4-13(5-3-12)19-14(15(20)21)10-16-17-19/h2-5,10-11H,6-9H2,1H3,(H,20,21). The van der Waals surface area contributed by atoms with Crippen LogP contribution in [-0.4, -0.2) is 39.2 Å². The Bertz CT molecular complexity index is 627. The van der Waals surface area contributed by atoms with Crippen LogP contribution in [0.25, 0.3) is 5.69 Å². The molecule has 1 aliphatic rings. The van der Waals surface area contributed by atoms with Gasteiger partial charge in [-0.25, -0.2) is 9.48 Å². The summed E-state index contributed by atoms with van der Waals surface area (Å²) in [7, 11) is 0. The molecule has 0 unspecified atom stereocenters. The third kappa shape index (κ3) is 2.74. The molecule has 1 aromatic heterocycles. The number of hydrogen-bond donors (Lipinski definition) is 1. The predicted molar refractivity (Wildman–Crippen MR) is 78.9 cm³/mol. The van der Waals surface area contributed by atoms with Gasteiger partial charge in [-0.3, -0.25) is 0 Å². The lowest BCUT2D eigenvalue weighted by Gasteiger charge is -2.32. The van der Waals surface area contributed by atoms with E-state index in [0.717, 1.165) is 19.0 Å². The fourth-order valence-corrected chi connectivity index (χ4v) is 2.64. The van der Waals surface area contributed by atoms with Crippen molar-refractivity contribution in [1.29, 1.82) is 0 Å². The molecule has 0 bridgehead atoms. The fraction of sp³-hybridized carbons (Fsp3) is 0.400. The molecule has 2 aromatic rings. The average Bonchev–Trinajstić information content (AvgIpc) is 2.98. The molecule has 1 aliphatic heterocycles. The zero-order valence-corrected chi connectivity index (χ0v) is 11.9. The number of piperidine rings is 1. The van der Waals surface area contributed by atoms with E-state index in [2.05, 4.69) is 22.1 Å². The van der Waals surface area contributed by atoms with E-state index in [4.69, 9.17) is 5.11 Å². The van der Waals surface area contributed by atoms with Gasteiger partial charge in [0.05, 0.1) is 11.9 Å². The maximum atomic E-state index is 11.1. The van der Waals surface area contributed by atoms with Gasteiger partial charge in [0.2, 0.25) is 0 Å². The molecule has 110 valence electrons. The van der Waals surface area contributed by atoms with Gasteiger partial charge in [-0.15, -0.1) is 5.10 Å². The van der Waals surface area contributed by atoms with E-state index in [1.807, 2.05) is 24.3 Å². The Hall–Kier alpha value is -2.37. The lowest BCUT2D eigenvalue weighted by atomic mass is 9.99. The first-order valence-corrected chi connectivity index (χ1v) is 7.14. The summed E-state index contributed by atoms with van der Waals surface area (Å²) in [5, 5.41) is 16.6. The van der Waals surface area contributed by atoms with Crippen molar-refractivity contribution in [3.63, 3.8) is 0 Å². The number of aromatic carboxylic acids is 1. The SMILES string of the molecule is CC1CCN(c2ccc(-n3nncc3C(=O)O)cc2)CC1. The number of hydrogen-bond acceptors (Lipinski definition) is 4. The molecule has 6 nitrogen and oxygen atoms in total. The van der Waals surface area contributed by atoms with Crippen LogP contribution in [0.5, 0.6) is 0 Å². The number of carboxylic acids is 1. The second-order valence-electron chi connectivity index (χ2n) is 5.52. The number of benzene rings is 1. The van der Waals surface area contributed by atoms with E-state index in [9.17, 15) is 4.79 Å². The first-order chi connectivity index (χ1) is 10.1. The average molecular weight is 286 g/mol. The van der Waals surface area contributed by atoms with Crippen LogP contribution in [0.15, 0.2) is 30.5 Å². The van der Waals surface area contributed by atoms with E-state index < -0.39 is 5.97 Å². The summed E-state index contributed by atoms with van der Waals surface area (Å²) in [6, 6.07) is 7.79. The Balaban J connectivity index is 1.81. The number of nitrogens with zero attached hydrogens (tertiary/aromatic N) is 4. The Labute approximate surface area is 123 Å². The minimum atomic E-state index is -1.03. The summed E-state index contributed by atoms with van der Waals surface area (Å²) in [6.45, 7) is 4.44. The minimum Gasteiger partial charge on any atom is -0.476 e. The maximum absolute atomic E-state index is 11.1. The van der Waals surface area contributed by atoms with Gasteiger partial charge in [0.15, 0.2) is 5.69 Å². The summed E-state index contributed by atoms with van der Waals surface area (Å²) < 4.78 is 1.34. The largest absolute Gasteiger partial charge is 0.476 e. The smallest absolute Gasteiger partial charge is 0.356 e. The number of carbonyl (C=O) groups is 1. The summed E-state index contributed by atoms with van der Waals surface area (Å²) in [6.07, 6.45) is 3.68. The summed E-state index contributed by atoms with van der Waals surface area (Å²) in [5.74, 6) is -0.233. The topological polar surface area (TPSA) is 71.2 Å². The van der Waals surface area contributed by atoms with Gasteiger partial charge >= 0.3 is 5.97 Å². The molecule has 6 heteroatoms. The highest BCUT2D eigenvalue weighted by Gasteiger charge is 2.17. The van der Waals surface area contributed by atoms with Gasteiger partial charge in [0.1, 0.15) is 0 Å². The zero-order chi connectivity index (χ0) is 14.8. The highest BCUT2D eigenvalue weighted by atomic mass is 16.4. The van der Waals surface area contributed by atoms with E-state index >= 15 is 0 Å². The molecule has 0 radical (unpaired) electrons. The molecule has 3 rings (SSSR count). The van der Waals surface area contributed by atoms with Crippen LogP contribution in [0, 0.1) is 5.92 Å². The molecular weight excluding hydrogens is 268 g/mol. The number of anilines is 1. The quantitative estimate of drug-likeness (QED) is 0.936. The second-order valence-corrected chi connectivity index (χ2v) is 5.52. The number of aromatic nitrogens is 3. The minimum absolute atomic E-state index is 0.0644. The highest BCUT2D eigenvalue weighted by molar-refractivity contribution is 5.85. The third-order valence-electron chi connectivity index (χ3n) is 4.01. The fourth-order valence-electron chi connectivity index (χ4n) is 2.64. The lowest BCUT2D eigenvalue weighted by Crippen LogP contribution is -2.32. The van der Waals surface area contributed by atoms with Crippen molar-refractivity contribution in [3.8, 4) is 5.69 Å². The van der Waals surface area contributed by atoms with E-state index in [0.29, 0.717) is 5.69 Å². The highest BCUT2D eigenvalue weighted by Crippen LogP contribution is 2.24. The van der Waals surface area contributed by atoms with Crippen LogP contribution in [0.3, 0.4) is 0 Å². The maximum Gasteiger partial charge on any atom is 0.356 e. The Morgan fingerprint density at radius 2 is 1.81 bits per heavy atom. The first-order valence-electron chi connectivity index (χ1n) is 7.14. The summed E-state index contributed by atoms with van der Waals surface area (Å²) in [5.41, 5.74) is 1.94.